The average Bonchev–Trinajstić information content (AvgIpc) is 2.49. The molecule has 0 saturated carbocycles. The molecule has 0 unspecified atom stereocenters. The van der Waals surface area contributed by atoms with Crippen LogP contribution in [0.3, 0.4) is 0 Å². The van der Waals surface area contributed by atoms with E-state index in [2.05, 4.69) is 20.4 Å². The molecule has 0 radical (unpaired) electrons. The number of methoxy groups -OCH3 is 1. The van der Waals surface area contributed by atoms with E-state index >= 15 is 0 Å². The number of carbonyl (C=O) groups is 1. The fourth-order valence-corrected chi connectivity index (χ4v) is 1.88. The highest BCUT2D eigenvalue weighted by Gasteiger charge is 2.13. The predicted molar refractivity (Wildman–Crippen MR) is 77.3 cm³/mol. The number of anilines is 1. The number of ether oxygens (including phenoxy) is 2. The zero-order chi connectivity index (χ0) is 15.9. The van der Waals surface area contributed by atoms with Crippen LogP contribution in [-0.2, 0) is 4.74 Å². The zero-order valence-corrected chi connectivity index (χ0v) is 11.8. The normalized spacial score (nSPS) is 10.7. The quantitative estimate of drug-likeness (QED) is 0.804. The molecule has 0 aliphatic heterocycles. The number of benzene rings is 1. The van der Waals surface area contributed by atoms with E-state index < -0.39 is 12.6 Å². The summed E-state index contributed by atoms with van der Waals surface area (Å²) in [6, 6.07) is 5.70. The van der Waals surface area contributed by atoms with Crippen molar-refractivity contribution in [3.8, 4) is 5.75 Å². The number of hydrogen-bond acceptors (Lipinski definition) is 4. The number of halogens is 2. The number of pyridine rings is 1. The van der Waals surface area contributed by atoms with Gasteiger partial charge in [-0.25, -0.2) is 4.79 Å². The van der Waals surface area contributed by atoms with E-state index in [0.29, 0.717) is 24.2 Å². The Morgan fingerprint density at radius 3 is 2.91 bits per heavy atom. The van der Waals surface area contributed by atoms with Gasteiger partial charge < -0.3 is 20.1 Å². The molecule has 118 valence electrons. The first kappa shape index (κ1) is 15.9. The minimum absolute atomic E-state index is 0.0454. The van der Waals surface area contributed by atoms with Crippen LogP contribution in [0.15, 0.2) is 30.5 Å². The second kappa shape index (κ2) is 7.51. The van der Waals surface area contributed by atoms with Gasteiger partial charge in [-0.05, 0) is 24.3 Å². The highest BCUT2D eigenvalue weighted by atomic mass is 19.3. The molecule has 2 rings (SSSR count). The van der Waals surface area contributed by atoms with Crippen molar-refractivity contribution < 1.29 is 23.0 Å². The van der Waals surface area contributed by atoms with Gasteiger partial charge in [0.15, 0.2) is 5.75 Å². The van der Waals surface area contributed by atoms with Gasteiger partial charge in [0.2, 0.25) is 0 Å². The molecule has 1 aromatic heterocycles. The van der Waals surface area contributed by atoms with Crippen molar-refractivity contribution in [2.24, 2.45) is 0 Å². The van der Waals surface area contributed by atoms with Crippen molar-refractivity contribution in [1.82, 2.24) is 10.3 Å². The minimum atomic E-state index is -2.94. The van der Waals surface area contributed by atoms with E-state index in [4.69, 9.17) is 4.74 Å². The van der Waals surface area contributed by atoms with E-state index in [-0.39, 0.29) is 11.3 Å². The lowest BCUT2D eigenvalue weighted by atomic mass is 10.1. The summed E-state index contributed by atoms with van der Waals surface area (Å²) in [7, 11) is 1.53. The van der Waals surface area contributed by atoms with Crippen molar-refractivity contribution in [2.75, 3.05) is 25.6 Å². The third-order valence-electron chi connectivity index (χ3n) is 2.79. The van der Waals surface area contributed by atoms with Crippen LogP contribution in [0.1, 0.15) is 0 Å². The minimum Gasteiger partial charge on any atom is -0.432 e. The van der Waals surface area contributed by atoms with Crippen molar-refractivity contribution in [3.63, 3.8) is 0 Å². The highest BCUT2D eigenvalue weighted by Crippen LogP contribution is 2.30. The Morgan fingerprint density at radius 2 is 2.18 bits per heavy atom. The maximum atomic E-state index is 12.4. The molecular formula is C14H15F2N3O3. The largest absolute Gasteiger partial charge is 0.432 e. The predicted octanol–water partition coefficient (Wildman–Crippen LogP) is 2.60. The summed E-state index contributed by atoms with van der Waals surface area (Å²) >= 11 is 0. The molecule has 0 fully saturated rings. The molecule has 8 heteroatoms. The molecule has 1 heterocycles. The number of hydrogen-bond donors (Lipinski definition) is 2. The third-order valence-corrected chi connectivity index (χ3v) is 2.79. The van der Waals surface area contributed by atoms with Crippen LogP contribution in [0.5, 0.6) is 5.75 Å². The van der Waals surface area contributed by atoms with E-state index in [1.165, 1.54) is 25.4 Å². The Labute approximate surface area is 125 Å². The van der Waals surface area contributed by atoms with Crippen molar-refractivity contribution in [2.45, 2.75) is 6.61 Å². The van der Waals surface area contributed by atoms with Crippen molar-refractivity contribution in [1.29, 1.82) is 0 Å². The Balaban J connectivity index is 2.22. The summed E-state index contributed by atoms with van der Waals surface area (Å²) in [5.41, 5.74) is 0.692. The fourth-order valence-electron chi connectivity index (χ4n) is 1.88. The van der Waals surface area contributed by atoms with Gasteiger partial charge in [0, 0.05) is 25.2 Å². The molecule has 2 N–H and O–H groups in total. The number of aromatic nitrogens is 1. The summed E-state index contributed by atoms with van der Waals surface area (Å²) in [6.07, 6.45) is 1.46. The standard InChI is InChI=1S/C14H15F2N3O3/c1-21-8-7-18-14(20)19-10-4-5-11(22-13(15)16)12-9(10)3-2-6-17-12/h2-6,13H,7-8H2,1H3,(H2,18,19,20). The Morgan fingerprint density at radius 1 is 1.36 bits per heavy atom. The Bertz CT molecular complexity index is 652. The van der Waals surface area contributed by atoms with Crippen molar-refractivity contribution in [3.05, 3.63) is 30.5 Å². The number of urea groups is 1. The van der Waals surface area contributed by atoms with Gasteiger partial charge in [0.1, 0.15) is 5.52 Å². The smallest absolute Gasteiger partial charge is 0.387 e. The number of fused-ring (bicyclic) bond motifs is 1. The first-order valence-electron chi connectivity index (χ1n) is 6.48. The second-order valence-corrected chi connectivity index (χ2v) is 4.26. The van der Waals surface area contributed by atoms with Crippen LogP contribution >= 0.6 is 0 Å². The molecule has 0 bridgehead atoms. The lowest BCUT2D eigenvalue weighted by Gasteiger charge is -2.12. The van der Waals surface area contributed by atoms with Gasteiger partial charge >= 0.3 is 12.6 Å². The van der Waals surface area contributed by atoms with Gasteiger partial charge in [0.25, 0.3) is 0 Å². The van der Waals surface area contributed by atoms with Gasteiger partial charge in [-0.15, -0.1) is 0 Å². The van der Waals surface area contributed by atoms with E-state index in [1.54, 1.807) is 12.1 Å². The Hall–Kier alpha value is -2.48. The van der Waals surface area contributed by atoms with Crippen LogP contribution in [0.25, 0.3) is 10.9 Å². The lowest BCUT2D eigenvalue weighted by Crippen LogP contribution is -2.31. The van der Waals surface area contributed by atoms with Gasteiger partial charge in [0.05, 0.1) is 12.3 Å². The van der Waals surface area contributed by atoms with E-state index in [1.807, 2.05) is 0 Å². The second-order valence-electron chi connectivity index (χ2n) is 4.26. The maximum Gasteiger partial charge on any atom is 0.387 e. The lowest BCUT2D eigenvalue weighted by molar-refractivity contribution is -0.0489. The van der Waals surface area contributed by atoms with Gasteiger partial charge in [-0.2, -0.15) is 8.78 Å². The number of rotatable bonds is 6. The number of nitrogens with zero attached hydrogens (tertiary/aromatic N) is 1. The molecule has 0 spiro atoms. The third kappa shape index (κ3) is 4.01. The number of nitrogens with one attached hydrogen (secondary N) is 2. The summed E-state index contributed by atoms with van der Waals surface area (Å²) in [6.45, 7) is -2.21. The van der Waals surface area contributed by atoms with Crippen LogP contribution in [-0.4, -0.2) is 37.9 Å². The molecule has 0 aliphatic carbocycles. The van der Waals surface area contributed by atoms with E-state index in [0.717, 1.165) is 0 Å². The van der Waals surface area contributed by atoms with Gasteiger partial charge in [-0.1, -0.05) is 0 Å². The fraction of sp³-hybridized carbons (Fsp3) is 0.286. The Kier molecular flexibility index (Phi) is 5.42. The molecule has 1 aromatic carbocycles. The highest BCUT2D eigenvalue weighted by molar-refractivity contribution is 6.02. The average molecular weight is 311 g/mol. The molecule has 6 nitrogen and oxygen atoms in total. The monoisotopic (exact) mass is 311 g/mol. The molecule has 0 saturated heterocycles. The molecule has 0 aliphatic rings. The van der Waals surface area contributed by atoms with Crippen LogP contribution in [0, 0.1) is 0 Å². The van der Waals surface area contributed by atoms with Crippen LogP contribution in [0.4, 0.5) is 19.3 Å². The molecular weight excluding hydrogens is 296 g/mol. The zero-order valence-electron chi connectivity index (χ0n) is 11.8. The first-order chi connectivity index (χ1) is 10.6. The molecule has 22 heavy (non-hydrogen) atoms. The molecule has 2 amide bonds. The first-order valence-corrected chi connectivity index (χ1v) is 6.48. The van der Waals surface area contributed by atoms with Crippen LogP contribution < -0.4 is 15.4 Å². The van der Waals surface area contributed by atoms with Crippen LogP contribution in [0.2, 0.25) is 0 Å². The summed E-state index contributed by atoms with van der Waals surface area (Å²) in [5.74, 6) is -0.0454. The van der Waals surface area contributed by atoms with Gasteiger partial charge in [-0.3, -0.25) is 4.98 Å². The SMILES string of the molecule is COCCNC(=O)Nc1ccc(OC(F)F)c2ncccc12. The number of amides is 2. The number of alkyl halides is 2. The number of carbonyl (C=O) groups excluding carboxylic acids is 1. The summed E-state index contributed by atoms with van der Waals surface area (Å²) in [4.78, 5) is 15.8. The summed E-state index contributed by atoms with van der Waals surface area (Å²) in [5, 5.41) is 5.73. The van der Waals surface area contributed by atoms with E-state index in [9.17, 15) is 13.6 Å². The van der Waals surface area contributed by atoms with Crippen molar-refractivity contribution >= 4 is 22.6 Å². The topological polar surface area (TPSA) is 72.5 Å². The maximum absolute atomic E-state index is 12.4. The molecule has 2 aromatic rings. The summed E-state index contributed by atoms with van der Waals surface area (Å²) < 4.78 is 34.0. The molecule has 0 atom stereocenters.